The molecule has 0 radical (unpaired) electrons. The van der Waals surface area contributed by atoms with Crippen molar-refractivity contribution in [2.24, 2.45) is 16.4 Å². The molecule has 20 nitrogen and oxygen atoms in total. The van der Waals surface area contributed by atoms with Gasteiger partial charge >= 0.3 is 5.97 Å². The fraction of sp³-hybridized carbons (Fsp3) is 0.444. The zero-order valence-corrected chi connectivity index (χ0v) is 69.4. The molecule has 22 heteroatoms. The normalized spacial score (nSPS) is 13.0. The first-order valence-corrected chi connectivity index (χ1v) is 40.0. The molecule has 604 valence electrons. The first kappa shape index (κ1) is 92.5. The maximum absolute atomic E-state index is 13.0. The van der Waals surface area contributed by atoms with Crippen molar-refractivity contribution in [1.82, 2.24) is 5.32 Å². The standard InChI is InChI=1S/C28H38N2O3.C22H29Cl2N3O4.C21H27NO3.C19H23NO3/c1-3-4-5-6-7-8-9-10-11-12-17-27(33-26-16-14-13-15-23(26)21-29)28(32)30-24-19-18-22(2)25(31)20-24;1-5-7-10-31-20(29)14(3)13-22(4,6-2)21(30)25-18-12-19(28)27(26-18)17-11-15(23)8-9-16(17)24;1-5-6-7-20(25-19-11-8-14(2)12-16(19)4)21(24)22-17-10-9-15(3)18(23)13-17;1-5-17(23-18-9-6-12(2)10-14(18)4)19(22)20-15-8-7-13(3)16(21)11-15/h13-16,18-20,27,31H,3-12,17H2,1-2H3,(H,30,32);8-9,11,14H,5-7,10,12-13H2,1-4H3,(H,25,26,30);8-13,20,23H,5-7H2,1-4H3,(H,22,24);6-11,17,21H,5H2,1-4H3,(H,20,22). The predicted octanol–water partition coefficient (Wildman–Crippen LogP) is 21.2. The van der Waals surface area contributed by atoms with Crippen molar-refractivity contribution in [2.45, 2.75) is 244 Å². The van der Waals surface area contributed by atoms with Crippen molar-refractivity contribution >= 4 is 87.3 Å². The third-order valence-electron chi connectivity index (χ3n) is 19.2. The molecular weight excluding hydrogens is 1460 g/mol. The quantitative estimate of drug-likeness (QED) is 0.0142. The number of aromatic hydroxyl groups is 3. The summed E-state index contributed by atoms with van der Waals surface area (Å²) in [5, 5.41) is 56.2. The molecule has 1 aliphatic heterocycles. The smallest absolute Gasteiger partial charge is 0.308 e. The number of carbonyl (C=O) groups excluding carboxylic acids is 6. The molecule has 5 amide bonds. The molecule has 1 aliphatic rings. The molecule has 5 unspecified atom stereocenters. The monoisotopic (exact) mass is 1570 g/mol. The molecule has 0 aromatic heterocycles. The molecular formula is C90H117Cl2N7O13. The van der Waals surface area contributed by atoms with Crippen LogP contribution in [0.25, 0.3) is 0 Å². The van der Waals surface area contributed by atoms with E-state index in [2.05, 4.69) is 46.3 Å². The van der Waals surface area contributed by atoms with Gasteiger partial charge in [0.15, 0.2) is 18.3 Å². The van der Waals surface area contributed by atoms with Crippen LogP contribution in [0, 0.1) is 71.1 Å². The average Bonchev–Trinajstić information content (AvgIpc) is 1.65. The second-order valence-electron chi connectivity index (χ2n) is 29.0. The number of nitriles is 1. The zero-order chi connectivity index (χ0) is 82.5. The summed E-state index contributed by atoms with van der Waals surface area (Å²) in [6.45, 7) is 27.5. The van der Waals surface area contributed by atoms with Gasteiger partial charge in [-0.3, -0.25) is 28.8 Å². The van der Waals surface area contributed by atoms with Gasteiger partial charge in [-0.1, -0.05) is 208 Å². The summed E-state index contributed by atoms with van der Waals surface area (Å²) < 4.78 is 23.2. The van der Waals surface area contributed by atoms with E-state index in [0.29, 0.717) is 88.6 Å². The maximum Gasteiger partial charge on any atom is 0.308 e. The van der Waals surface area contributed by atoms with Gasteiger partial charge in [-0.25, -0.2) is 0 Å². The number of esters is 1. The van der Waals surface area contributed by atoms with Crippen LogP contribution in [0.1, 0.15) is 221 Å². The lowest BCUT2D eigenvalue weighted by atomic mass is 9.78. The van der Waals surface area contributed by atoms with Gasteiger partial charge in [-0.05, 0) is 188 Å². The fourth-order valence-electron chi connectivity index (χ4n) is 12.0. The second-order valence-corrected chi connectivity index (χ2v) is 29.8. The number of unbranched alkanes of at least 4 members (excludes halogenated alkanes) is 11. The lowest BCUT2D eigenvalue weighted by Crippen LogP contribution is -2.43. The second kappa shape index (κ2) is 48.0. The van der Waals surface area contributed by atoms with Gasteiger partial charge in [0.25, 0.3) is 23.6 Å². The van der Waals surface area contributed by atoms with E-state index in [0.717, 1.165) is 94.6 Å². The summed E-state index contributed by atoms with van der Waals surface area (Å²) in [5.74, 6) is 0.478. The summed E-state index contributed by atoms with van der Waals surface area (Å²) >= 11 is 12.2. The Balaban J connectivity index is 0.000000269. The molecule has 0 saturated heterocycles. The molecule has 0 saturated carbocycles. The molecule has 0 spiro atoms. The number of ether oxygens (including phenoxy) is 4. The SMILES string of the molecule is CCC(Oc1ccc(C)cc1C)C(=O)Nc1ccc(C)c(O)c1.CCCCC(Oc1ccc(C)cc1C)C(=O)Nc1ccc(C)c(O)c1.CCCCCCCCCCCCC(Oc1ccccc1C#N)C(=O)Nc1ccc(C)c(O)c1.CCCCOC(=O)C(C)CC(C)(CC)C(=O)NC1=NN(c2cc(Cl)ccc2Cl)C(=O)C1. The number of amides is 5. The Bertz CT molecular complexity index is 4310. The highest BCUT2D eigenvalue weighted by Crippen LogP contribution is 2.35. The topological polar surface area (TPSA) is 288 Å². The number of amidine groups is 1. The number of nitrogens with zero attached hydrogens (tertiary/aromatic N) is 3. The number of nitrogens with one attached hydrogen (secondary N) is 4. The highest BCUT2D eigenvalue weighted by Gasteiger charge is 2.38. The van der Waals surface area contributed by atoms with Gasteiger partial charge in [0, 0.05) is 45.7 Å². The lowest BCUT2D eigenvalue weighted by Gasteiger charge is -2.29. The molecule has 8 rings (SSSR count). The van der Waals surface area contributed by atoms with Crippen LogP contribution in [0.2, 0.25) is 10.0 Å². The van der Waals surface area contributed by atoms with Crippen LogP contribution in [0.4, 0.5) is 22.7 Å². The molecule has 0 bridgehead atoms. The molecule has 0 fully saturated rings. The first-order valence-electron chi connectivity index (χ1n) is 39.3. The number of phenolic OH excluding ortho intramolecular Hbond substituents is 3. The first-order chi connectivity index (χ1) is 53.5. The van der Waals surface area contributed by atoms with Crippen LogP contribution < -0.4 is 40.5 Å². The molecule has 7 N–H and O–H groups in total. The number of rotatable bonds is 36. The van der Waals surface area contributed by atoms with Gasteiger partial charge in [-0.15, -0.1) is 0 Å². The summed E-state index contributed by atoms with van der Waals surface area (Å²) in [4.78, 5) is 75.8. The Kier molecular flexibility index (Phi) is 39.6. The molecule has 1 heterocycles. The number of halogens is 2. The predicted molar refractivity (Wildman–Crippen MR) is 449 cm³/mol. The minimum absolute atomic E-state index is 0.0665. The lowest BCUT2D eigenvalue weighted by molar-refractivity contribution is -0.150. The van der Waals surface area contributed by atoms with E-state index >= 15 is 0 Å². The Morgan fingerprint density at radius 3 is 1.46 bits per heavy atom. The highest BCUT2D eigenvalue weighted by atomic mass is 35.5. The molecule has 5 atom stereocenters. The van der Waals surface area contributed by atoms with Gasteiger partial charge in [0.2, 0.25) is 5.91 Å². The number of phenols is 3. The number of aryl methyl sites for hydroxylation is 7. The Morgan fingerprint density at radius 2 is 0.991 bits per heavy atom. The third-order valence-corrected chi connectivity index (χ3v) is 19.7. The van der Waals surface area contributed by atoms with E-state index in [4.69, 9.17) is 42.1 Å². The molecule has 112 heavy (non-hydrogen) atoms. The number of hydrogen-bond acceptors (Lipinski definition) is 15. The molecule has 0 aliphatic carbocycles. The fourth-order valence-corrected chi connectivity index (χ4v) is 12.3. The van der Waals surface area contributed by atoms with E-state index in [-0.39, 0.29) is 65.0 Å². The Hall–Kier alpha value is -10.1. The van der Waals surface area contributed by atoms with E-state index in [1.54, 1.807) is 107 Å². The Labute approximate surface area is 673 Å². The van der Waals surface area contributed by atoms with E-state index in [1.807, 2.05) is 91.8 Å². The molecule has 7 aromatic rings. The van der Waals surface area contributed by atoms with E-state index in [9.17, 15) is 49.3 Å². The van der Waals surface area contributed by atoms with Crippen molar-refractivity contribution in [3.8, 4) is 40.6 Å². The number of hydrogen-bond donors (Lipinski definition) is 7. The van der Waals surface area contributed by atoms with Crippen LogP contribution in [-0.4, -0.2) is 81.6 Å². The largest absolute Gasteiger partial charge is 0.508 e. The Morgan fingerprint density at radius 1 is 0.536 bits per heavy atom. The van der Waals surface area contributed by atoms with Gasteiger partial charge in [-0.2, -0.15) is 15.4 Å². The number of benzene rings is 7. The number of anilines is 4. The highest BCUT2D eigenvalue weighted by molar-refractivity contribution is 6.36. The average molecular weight is 1580 g/mol. The number of para-hydroxylation sites is 1. The van der Waals surface area contributed by atoms with Crippen LogP contribution in [0.3, 0.4) is 0 Å². The van der Waals surface area contributed by atoms with E-state index < -0.39 is 29.6 Å². The van der Waals surface area contributed by atoms with Crippen molar-refractivity contribution < 1.29 is 63.0 Å². The van der Waals surface area contributed by atoms with Gasteiger partial charge in [0.1, 0.15) is 46.4 Å². The van der Waals surface area contributed by atoms with Crippen LogP contribution in [0.15, 0.2) is 139 Å². The van der Waals surface area contributed by atoms with Crippen LogP contribution >= 0.6 is 23.2 Å². The van der Waals surface area contributed by atoms with Crippen LogP contribution in [0.5, 0.6) is 34.5 Å². The van der Waals surface area contributed by atoms with Gasteiger partial charge in [0.05, 0.1) is 35.2 Å². The van der Waals surface area contributed by atoms with Crippen molar-refractivity contribution in [3.63, 3.8) is 0 Å². The van der Waals surface area contributed by atoms with Crippen molar-refractivity contribution in [2.75, 3.05) is 27.6 Å². The molecule has 7 aromatic carbocycles. The van der Waals surface area contributed by atoms with Crippen LogP contribution in [-0.2, 0) is 33.5 Å². The zero-order valence-electron chi connectivity index (χ0n) is 67.9. The number of carbonyl (C=O) groups is 6. The third kappa shape index (κ3) is 30.9. The summed E-state index contributed by atoms with van der Waals surface area (Å²) in [6, 6.07) is 40.9. The summed E-state index contributed by atoms with van der Waals surface area (Å²) in [6.07, 6.45) is 16.5. The summed E-state index contributed by atoms with van der Waals surface area (Å²) in [5.41, 5.74) is 8.20. The minimum Gasteiger partial charge on any atom is -0.508 e. The van der Waals surface area contributed by atoms with Gasteiger partial charge < -0.3 is 55.5 Å². The minimum atomic E-state index is -0.824. The van der Waals surface area contributed by atoms with Crippen molar-refractivity contribution in [3.05, 3.63) is 188 Å². The van der Waals surface area contributed by atoms with E-state index in [1.165, 1.54) is 63.1 Å². The van der Waals surface area contributed by atoms with Crippen molar-refractivity contribution in [1.29, 1.82) is 5.26 Å². The maximum atomic E-state index is 13.0. The number of hydrazone groups is 1. The summed E-state index contributed by atoms with van der Waals surface area (Å²) in [7, 11) is 0.